The molecule has 1 aliphatic rings. The van der Waals surface area contributed by atoms with Crippen LogP contribution in [-0.4, -0.2) is 58.1 Å². The Morgan fingerprint density at radius 2 is 1.92 bits per heavy atom. The molecule has 1 fully saturated rings. The number of piperidine rings is 1. The summed E-state index contributed by atoms with van der Waals surface area (Å²) >= 11 is 6.16. The minimum Gasteiger partial charge on any atom is -0.493 e. The van der Waals surface area contributed by atoms with Gasteiger partial charge in [0.15, 0.2) is 0 Å². The lowest BCUT2D eigenvalue weighted by molar-refractivity contribution is -0.134. The standard InChI is InChI=1S/C29H35ClN4O3/c1-22(2)34-26(13-15-31-34)28(36)33-16-8-14-29(20-33,21-37-25-12-7-11-24(30)17-25)18-27(35)32(3)19-23-9-5-4-6-10-23/h4-7,9-13,15,17,22H,8,14,16,18-21H2,1-3H3. The zero-order valence-electron chi connectivity index (χ0n) is 21.8. The number of benzene rings is 2. The van der Waals surface area contributed by atoms with Crippen molar-refractivity contribution >= 4 is 23.4 Å². The quantitative estimate of drug-likeness (QED) is 0.374. The van der Waals surface area contributed by atoms with E-state index in [0.717, 1.165) is 18.4 Å². The second kappa shape index (κ2) is 11.8. The molecule has 2 aromatic carbocycles. The molecule has 1 aliphatic heterocycles. The van der Waals surface area contributed by atoms with Gasteiger partial charge in [0.2, 0.25) is 5.91 Å². The summed E-state index contributed by atoms with van der Waals surface area (Å²) in [5, 5.41) is 4.93. The SMILES string of the molecule is CC(C)n1nccc1C(=O)N1CCCC(COc2cccc(Cl)c2)(CC(=O)N(C)Cc2ccccc2)C1. The first-order valence-electron chi connectivity index (χ1n) is 12.8. The molecule has 0 aliphatic carbocycles. The number of nitrogens with zero attached hydrogens (tertiary/aromatic N) is 4. The Morgan fingerprint density at radius 3 is 2.65 bits per heavy atom. The molecule has 1 aromatic heterocycles. The third kappa shape index (κ3) is 6.72. The van der Waals surface area contributed by atoms with Crippen molar-refractivity contribution in [1.82, 2.24) is 19.6 Å². The minimum absolute atomic E-state index is 0.0278. The van der Waals surface area contributed by atoms with Crippen molar-refractivity contribution in [3.8, 4) is 5.75 Å². The average molecular weight is 523 g/mol. The molecule has 37 heavy (non-hydrogen) atoms. The van der Waals surface area contributed by atoms with Crippen molar-refractivity contribution in [1.29, 1.82) is 0 Å². The lowest BCUT2D eigenvalue weighted by Gasteiger charge is -2.43. The van der Waals surface area contributed by atoms with Crippen LogP contribution in [0.4, 0.5) is 0 Å². The first-order chi connectivity index (χ1) is 17.8. The summed E-state index contributed by atoms with van der Waals surface area (Å²) in [6.45, 7) is 5.91. The number of likely N-dealkylation sites (tertiary alicyclic amines) is 1. The first kappa shape index (κ1) is 26.7. The lowest BCUT2D eigenvalue weighted by atomic mass is 9.77. The molecule has 4 rings (SSSR count). The highest BCUT2D eigenvalue weighted by molar-refractivity contribution is 6.30. The second-order valence-electron chi connectivity index (χ2n) is 10.2. The zero-order valence-corrected chi connectivity index (χ0v) is 22.5. The molecule has 0 N–H and O–H groups in total. The highest BCUT2D eigenvalue weighted by Gasteiger charge is 2.41. The van der Waals surface area contributed by atoms with Crippen molar-refractivity contribution in [2.75, 3.05) is 26.7 Å². The molecule has 2 heterocycles. The van der Waals surface area contributed by atoms with Gasteiger partial charge in [0, 0.05) is 55.8 Å². The predicted molar refractivity (Wildman–Crippen MR) is 145 cm³/mol. The van der Waals surface area contributed by atoms with Gasteiger partial charge in [-0.2, -0.15) is 5.10 Å². The summed E-state index contributed by atoms with van der Waals surface area (Å²) in [6, 6.07) is 19.0. The Kier molecular flexibility index (Phi) is 8.54. The van der Waals surface area contributed by atoms with Crippen molar-refractivity contribution in [3.63, 3.8) is 0 Å². The first-order valence-corrected chi connectivity index (χ1v) is 13.1. The number of halogens is 1. The van der Waals surface area contributed by atoms with Gasteiger partial charge in [-0.1, -0.05) is 48.0 Å². The maximum Gasteiger partial charge on any atom is 0.272 e. The fraction of sp³-hybridized carbons (Fsp3) is 0.414. The van der Waals surface area contributed by atoms with Crippen molar-refractivity contribution in [2.24, 2.45) is 5.41 Å². The molecule has 0 saturated carbocycles. The lowest BCUT2D eigenvalue weighted by Crippen LogP contribution is -2.51. The summed E-state index contributed by atoms with van der Waals surface area (Å²) in [4.78, 5) is 30.6. The third-order valence-electron chi connectivity index (χ3n) is 6.88. The van der Waals surface area contributed by atoms with Crippen molar-refractivity contribution in [3.05, 3.63) is 83.1 Å². The Balaban J connectivity index is 1.54. The molecule has 8 heteroatoms. The molecular formula is C29H35ClN4O3. The number of carbonyl (C=O) groups excluding carboxylic acids is 2. The van der Waals surface area contributed by atoms with E-state index < -0.39 is 5.41 Å². The number of amides is 2. The van der Waals surface area contributed by atoms with Crippen LogP contribution in [0, 0.1) is 5.41 Å². The van der Waals surface area contributed by atoms with Crippen LogP contribution in [-0.2, 0) is 11.3 Å². The van der Waals surface area contributed by atoms with E-state index in [1.54, 1.807) is 34.0 Å². The highest BCUT2D eigenvalue weighted by atomic mass is 35.5. The summed E-state index contributed by atoms with van der Waals surface area (Å²) in [5.41, 5.74) is 1.11. The molecule has 1 atom stereocenters. The van der Waals surface area contributed by atoms with Crippen LogP contribution < -0.4 is 4.74 Å². The minimum atomic E-state index is -0.527. The monoisotopic (exact) mass is 522 g/mol. The summed E-state index contributed by atoms with van der Waals surface area (Å²) < 4.78 is 7.95. The molecule has 1 saturated heterocycles. The molecular weight excluding hydrogens is 488 g/mol. The topological polar surface area (TPSA) is 67.7 Å². The maximum absolute atomic E-state index is 13.6. The van der Waals surface area contributed by atoms with Gasteiger partial charge in [-0.25, -0.2) is 0 Å². The van der Waals surface area contributed by atoms with Gasteiger partial charge in [-0.05, 0) is 56.5 Å². The van der Waals surface area contributed by atoms with Crippen molar-refractivity contribution in [2.45, 2.75) is 45.7 Å². The van der Waals surface area contributed by atoms with E-state index in [1.165, 1.54) is 0 Å². The van der Waals surface area contributed by atoms with Gasteiger partial charge in [0.25, 0.3) is 5.91 Å². The Morgan fingerprint density at radius 1 is 1.14 bits per heavy atom. The number of ether oxygens (including phenoxy) is 1. The van der Waals surface area contributed by atoms with E-state index in [1.807, 2.05) is 68.3 Å². The Hall–Kier alpha value is -3.32. The van der Waals surface area contributed by atoms with Crippen LogP contribution in [0.5, 0.6) is 5.75 Å². The van der Waals surface area contributed by atoms with Crippen LogP contribution >= 0.6 is 11.6 Å². The fourth-order valence-electron chi connectivity index (χ4n) is 4.95. The highest BCUT2D eigenvalue weighted by Crippen LogP contribution is 2.36. The number of aromatic nitrogens is 2. The molecule has 7 nitrogen and oxygen atoms in total. The van der Waals surface area contributed by atoms with E-state index in [4.69, 9.17) is 16.3 Å². The van der Waals surface area contributed by atoms with E-state index >= 15 is 0 Å². The number of hydrogen-bond acceptors (Lipinski definition) is 4. The molecule has 0 bridgehead atoms. The summed E-state index contributed by atoms with van der Waals surface area (Å²) in [7, 11) is 1.83. The van der Waals surface area contributed by atoms with Crippen LogP contribution in [0.15, 0.2) is 66.9 Å². The largest absolute Gasteiger partial charge is 0.493 e. The number of rotatable bonds is 9. The Bertz CT molecular complexity index is 1210. The molecule has 196 valence electrons. The molecule has 2 amide bonds. The molecule has 0 spiro atoms. The van der Waals surface area contributed by atoms with Gasteiger partial charge in [0.1, 0.15) is 11.4 Å². The third-order valence-corrected chi connectivity index (χ3v) is 7.12. The smallest absolute Gasteiger partial charge is 0.272 e. The molecule has 1 unspecified atom stereocenters. The van der Waals surface area contributed by atoms with Gasteiger partial charge >= 0.3 is 0 Å². The van der Waals surface area contributed by atoms with E-state index in [-0.39, 0.29) is 24.3 Å². The van der Waals surface area contributed by atoms with Crippen LogP contribution in [0.2, 0.25) is 5.02 Å². The van der Waals surface area contributed by atoms with Gasteiger partial charge in [-0.3, -0.25) is 14.3 Å². The number of carbonyl (C=O) groups is 2. The van der Waals surface area contributed by atoms with Crippen LogP contribution in [0.3, 0.4) is 0 Å². The van der Waals surface area contributed by atoms with Crippen LogP contribution in [0.1, 0.15) is 55.2 Å². The predicted octanol–water partition coefficient (Wildman–Crippen LogP) is 5.47. The van der Waals surface area contributed by atoms with Gasteiger partial charge < -0.3 is 14.5 Å². The van der Waals surface area contributed by atoms with E-state index in [2.05, 4.69) is 5.10 Å². The Labute approximate surface area is 224 Å². The van der Waals surface area contributed by atoms with Crippen LogP contribution in [0.25, 0.3) is 0 Å². The van der Waals surface area contributed by atoms with Crippen molar-refractivity contribution < 1.29 is 14.3 Å². The van der Waals surface area contributed by atoms with Gasteiger partial charge in [-0.15, -0.1) is 0 Å². The van der Waals surface area contributed by atoms with E-state index in [9.17, 15) is 9.59 Å². The zero-order chi connectivity index (χ0) is 26.4. The normalized spacial score (nSPS) is 17.6. The average Bonchev–Trinajstić information content (AvgIpc) is 3.38. The number of hydrogen-bond donors (Lipinski definition) is 0. The summed E-state index contributed by atoms with van der Waals surface area (Å²) in [6.07, 6.45) is 3.51. The maximum atomic E-state index is 13.6. The second-order valence-corrected chi connectivity index (χ2v) is 10.7. The summed E-state index contributed by atoms with van der Waals surface area (Å²) in [5.74, 6) is 0.612. The fourth-order valence-corrected chi connectivity index (χ4v) is 5.13. The molecule has 3 aromatic rings. The van der Waals surface area contributed by atoms with Gasteiger partial charge in [0.05, 0.1) is 6.61 Å². The van der Waals surface area contributed by atoms with E-state index in [0.29, 0.717) is 42.7 Å². The molecule has 0 radical (unpaired) electrons.